The molecular formula is C43H27N3O. The summed E-state index contributed by atoms with van der Waals surface area (Å²) in [4.78, 5) is 9.77. The molecule has 4 heteroatoms. The van der Waals surface area contributed by atoms with Crippen molar-refractivity contribution in [2.24, 2.45) is 0 Å². The molecule has 1 spiro atoms. The van der Waals surface area contributed by atoms with E-state index in [4.69, 9.17) is 9.72 Å². The van der Waals surface area contributed by atoms with E-state index < -0.39 is 5.41 Å². The maximum atomic E-state index is 6.58. The van der Waals surface area contributed by atoms with Gasteiger partial charge in [0.15, 0.2) is 0 Å². The number of benzene rings is 5. The average molecular weight is 602 g/mol. The zero-order valence-corrected chi connectivity index (χ0v) is 25.3. The topological polar surface area (TPSA) is 39.9 Å². The predicted molar refractivity (Wildman–Crippen MR) is 189 cm³/mol. The van der Waals surface area contributed by atoms with Crippen molar-refractivity contribution in [1.29, 1.82) is 0 Å². The minimum Gasteiger partial charge on any atom is -0.457 e. The Morgan fingerprint density at radius 3 is 1.98 bits per heavy atom. The Bertz CT molecular complexity index is 2520. The molecule has 220 valence electrons. The molecule has 0 amide bonds. The summed E-state index contributed by atoms with van der Waals surface area (Å²) >= 11 is 0. The van der Waals surface area contributed by atoms with Crippen LogP contribution in [0, 0.1) is 0 Å². The highest BCUT2D eigenvalue weighted by molar-refractivity contribution is 6.08. The first-order valence-electron chi connectivity index (χ1n) is 15.9. The van der Waals surface area contributed by atoms with E-state index in [2.05, 4.69) is 143 Å². The molecule has 47 heavy (non-hydrogen) atoms. The Morgan fingerprint density at radius 1 is 0.511 bits per heavy atom. The molecule has 0 fully saturated rings. The number of ether oxygens (including phenoxy) is 1. The molecule has 2 aliphatic rings. The third-order valence-electron chi connectivity index (χ3n) is 9.79. The standard InChI is InChI=1S/C43H27N3O/c1-3-13-34-28(11-1)20-21-29-22-23-30(26-37(29)43(34)35-14-4-7-17-39(35)47-40-18-8-5-15-36(40)43)31-25-33-32-12-2-6-16-38(32)46(42(33)45-27-31)41-19-9-10-24-44-41/h1-27H. The fraction of sp³-hybridized carbons (Fsp3) is 0.0233. The van der Waals surface area contributed by atoms with Gasteiger partial charge in [-0.1, -0.05) is 109 Å². The summed E-state index contributed by atoms with van der Waals surface area (Å²) in [6.07, 6.45) is 8.34. The average Bonchev–Trinajstić information content (AvgIpc) is 3.39. The lowest BCUT2D eigenvalue weighted by Gasteiger charge is -2.42. The first-order chi connectivity index (χ1) is 23.3. The van der Waals surface area contributed by atoms with Gasteiger partial charge in [-0.2, -0.15) is 0 Å². The molecule has 0 bridgehead atoms. The van der Waals surface area contributed by atoms with Gasteiger partial charge in [-0.05, 0) is 70.3 Å². The number of hydrogen-bond donors (Lipinski definition) is 0. The van der Waals surface area contributed by atoms with Crippen LogP contribution < -0.4 is 4.74 Å². The molecule has 0 atom stereocenters. The number of aromatic nitrogens is 3. The molecule has 8 aromatic rings. The lowest BCUT2D eigenvalue weighted by molar-refractivity contribution is 0.434. The van der Waals surface area contributed by atoms with E-state index in [-0.39, 0.29) is 0 Å². The van der Waals surface area contributed by atoms with Gasteiger partial charge in [0.05, 0.1) is 10.9 Å². The summed E-state index contributed by atoms with van der Waals surface area (Å²) in [6.45, 7) is 0. The maximum Gasteiger partial charge on any atom is 0.146 e. The van der Waals surface area contributed by atoms with Crippen LogP contribution in [-0.4, -0.2) is 14.5 Å². The Balaban J connectivity index is 1.26. The smallest absolute Gasteiger partial charge is 0.146 e. The van der Waals surface area contributed by atoms with E-state index in [0.29, 0.717) is 0 Å². The van der Waals surface area contributed by atoms with Crippen molar-refractivity contribution in [3.63, 3.8) is 0 Å². The second-order valence-electron chi connectivity index (χ2n) is 12.2. The van der Waals surface area contributed by atoms with Crippen LogP contribution in [0.5, 0.6) is 11.5 Å². The number of fused-ring (bicyclic) bond motifs is 11. The van der Waals surface area contributed by atoms with Gasteiger partial charge < -0.3 is 4.74 Å². The Kier molecular flexibility index (Phi) is 5.46. The quantitative estimate of drug-likeness (QED) is 0.198. The monoisotopic (exact) mass is 601 g/mol. The lowest BCUT2D eigenvalue weighted by Crippen LogP contribution is -2.35. The van der Waals surface area contributed by atoms with E-state index in [1.165, 1.54) is 22.3 Å². The van der Waals surface area contributed by atoms with Crippen LogP contribution in [0.4, 0.5) is 0 Å². The van der Waals surface area contributed by atoms with Crippen molar-refractivity contribution in [3.8, 4) is 28.4 Å². The molecule has 4 heterocycles. The molecule has 0 saturated heterocycles. The molecule has 5 aromatic carbocycles. The van der Waals surface area contributed by atoms with Crippen LogP contribution >= 0.6 is 0 Å². The van der Waals surface area contributed by atoms with Gasteiger partial charge in [-0.25, -0.2) is 9.97 Å². The van der Waals surface area contributed by atoms with E-state index in [1.807, 2.05) is 30.6 Å². The number of nitrogens with zero attached hydrogens (tertiary/aromatic N) is 3. The molecule has 10 rings (SSSR count). The van der Waals surface area contributed by atoms with Crippen LogP contribution in [0.3, 0.4) is 0 Å². The third-order valence-corrected chi connectivity index (χ3v) is 9.79. The molecule has 3 aromatic heterocycles. The van der Waals surface area contributed by atoms with Gasteiger partial charge in [0, 0.05) is 39.9 Å². The minimum absolute atomic E-state index is 0.594. The molecular weight excluding hydrogens is 574 g/mol. The van der Waals surface area contributed by atoms with Crippen molar-refractivity contribution >= 4 is 34.1 Å². The normalized spacial score (nSPS) is 13.8. The summed E-state index contributed by atoms with van der Waals surface area (Å²) in [5.74, 6) is 2.61. The molecule has 1 aliphatic carbocycles. The second kappa shape index (κ2) is 9.87. The summed E-state index contributed by atoms with van der Waals surface area (Å²) < 4.78 is 8.73. The van der Waals surface area contributed by atoms with Crippen molar-refractivity contribution in [2.45, 2.75) is 5.41 Å². The highest BCUT2D eigenvalue weighted by Crippen LogP contribution is 2.58. The van der Waals surface area contributed by atoms with Gasteiger partial charge in [-0.3, -0.25) is 4.57 Å². The highest BCUT2D eigenvalue weighted by atomic mass is 16.5. The van der Waals surface area contributed by atoms with Crippen LogP contribution in [-0.2, 0) is 5.41 Å². The SMILES string of the molecule is C1=Cc2ccc(-c3cnc4c(c3)c3ccccc3n4-c3ccccn3)cc2C2(c3ccccc31)c1ccccc1Oc1ccccc12. The molecule has 4 nitrogen and oxygen atoms in total. The van der Waals surface area contributed by atoms with Crippen LogP contribution in [0.15, 0.2) is 152 Å². The Morgan fingerprint density at radius 2 is 1.19 bits per heavy atom. The van der Waals surface area contributed by atoms with Crippen LogP contribution in [0.1, 0.15) is 33.4 Å². The lowest BCUT2D eigenvalue weighted by atomic mass is 9.62. The van der Waals surface area contributed by atoms with E-state index in [1.54, 1.807) is 0 Å². The summed E-state index contributed by atoms with van der Waals surface area (Å²) in [5.41, 5.74) is 10.7. The van der Waals surface area contributed by atoms with Gasteiger partial charge in [0.2, 0.25) is 0 Å². The van der Waals surface area contributed by atoms with Gasteiger partial charge >= 0.3 is 0 Å². The Hall–Kier alpha value is -6.26. The first kappa shape index (κ1) is 26.0. The molecule has 0 N–H and O–H groups in total. The van der Waals surface area contributed by atoms with Crippen LogP contribution in [0.25, 0.3) is 51.0 Å². The van der Waals surface area contributed by atoms with Crippen molar-refractivity contribution < 1.29 is 4.74 Å². The molecule has 0 unspecified atom stereocenters. The largest absolute Gasteiger partial charge is 0.457 e. The number of para-hydroxylation sites is 3. The highest BCUT2D eigenvalue weighted by Gasteiger charge is 2.47. The van der Waals surface area contributed by atoms with Gasteiger partial charge in [0.1, 0.15) is 23.0 Å². The number of hydrogen-bond acceptors (Lipinski definition) is 3. The third kappa shape index (κ3) is 3.64. The summed E-state index contributed by atoms with van der Waals surface area (Å²) in [6, 6.07) is 49.4. The molecule has 0 saturated carbocycles. The molecule has 1 aliphatic heterocycles. The second-order valence-corrected chi connectivity index (χ2v) is 12.2. The Labute approximate surface area is 271 Å². The summed E-state index contributed by atoms with van der Waals surface area (Å²) in [7, 11) is 0. The van der Waals surface area contributed by atoms with E-state index in [0.717, 1.165) is 61.5 Å². The summed E-state index contributed by atoms with van der Waals surface area (Å²) in [5, 5.41) is 2.25. The maximum absolute atomic E-state index is 6.58. The zero-order chi connectivity index (χ0) is 31.0. The number of rotatable bonds is 2. The molecule has 0 radical (unpaired) electrons. The van der Waals surface area contributed by atoms with E-state index in [9.17, 15) is 0 Å². The minimum atomic E-state index is -0.594. The van der Waals surface area contributed by atoms with Gasteiger partial charge in [0.25, 0.3) is 0 Å². The van der Waals surface area contributed by atoms with Crippen molar-refractivity contribution in [1.82, 2.24) is 14.5 Å². The zero-order valence-electron chi connectivity index (χ0n) is 25.3. The number of pyridine rings is 2. The fourth-order valence-electron chi connectivity index (χ4n) is 7.81. The van der Waals surface area contributed by atoms with E-state index >= 15 is 0 Å². The van der Waals surface area contributed by atoms with Crippen LogP contribution in [0.2, 0.25) is 0 Å². The first-order valence-corrected chi connectivity index (χ1v) is 15.9. The van der Waals surface area contributed by atoms with Crippen molar-refractivity contribution in [3.05, 3.63) is 185 Å². The van der Waals surface area contributed by atoms with Crippen molar-refractivity contribution in [2.75, 3.05) is 0 Å². The van der Waals surface area contributed by atoms with Gasteiger partial charge in [-0.15, -0.1) is 0 Å². The fourth-order valence-corrected chi connectivity index (χ4v) is 7.81. The predicted octanol–water partition coefficient (Wildman–Crippen LogP) is 10.2.